The summed E-state index contributed by atoms with van der Waals surface area (Å²) < 4.78 is 0. The van der Waals surface area contributed by atoms with Gasteiger partial charge in [-0.3, -0.25) is 4.79 Å². The molecule has 1 heterocycles. The van der Waals surface area contributed by atoms with E-state index in [9.17, 15) is 14.7 Å². The molecule has 0 aliphatic carbocycles. The van der Waals surface area contributed by atoms with E-state index in [2.05, 4.69) is 24.1 Å². The number of carboxylic acids is 1. The van der Waals surface area contributed by atoms with Gasteiger partial charge in [0.05, 0.1) is 5.41 Å². The SMILES string of the molecule is CCCC1(C(=O)O)CCN(C(=O)NCCN(CC)CC)C1. The normalized spacial score (nSPS) is 21.8. The van der Waals surface area contributed by atoms with Crippen LogP contribution in [0.3, 0.4) is 0 Å². The number of rotatable bonds is 8. The minimum absolute atomic E-state index is 0.138. The van der Waals surface area contributed by atoms with Crippen molar-refractivity contribution >= 4 is 12.0 Å². The first-order chi connectivity index (χ1) is 9.99. The van der Waals surface area contributed by atoms with E-state index in [4.69, 9.17) is 0 Å². The van der Waals surface area contributed by atoms with E-state index < -0.39 is 11.4 Å². The van der Waals surface area contributed by atoms with E-state index >= 15 is 0 Å². The van der Waals surface area contributed by atoms with Crippen molar-refractivity contribution in [3.8, 4) is 0 Å². The first-order valence-corrected chi connectivity index (χ1v) is 7.97. The number of carboxylic acid groups (broad SMARTS) is 1. The molecule has 0 radical (unpaired) electrons. The van der Waals surface area contributed by atoms with Crippen LogP contribution in [0.2, 0.25) is 0 Å². The molecular formula is C15H29N3O3. The van der Waals surface area contributed by atoms with Crippen molar-refractivity contribution in [3.05, 3.63) is 0 Å². The molecule has 1 unspecified atom stereocenters. The second kappa shape index (κ2) is 8.22. The lowest BCUT2D eigenvalue weighted by molar-refractivity contribution is -0.148. The Kier molecular flexibility index (Phi) is 6.95. The molecule has 1 rings (SSSR count). The summed E-state index contributed by atoms with van der Waals surface area (Å²) in [5, 5.41) is 12.3. The van der Waals surface area contributed by atoms with Crippen LogP contribution in [0.15, 0.2) is 0 Å². The van der Waals surface area contributed by atoms with Gasteiger partial charge in [-0.15, -0.1) is 0 Å². The average molecular weight is 299 g/mol. The number of urea groups is 1. The predicted octanol–water partition coefficient (Wildman–Crippen LogP) is 1.61. The minimum atomic E-state index is -0.775. The highest BCUT2D eigenvalue weighted by molar-refractivity contribution is 5.79. The highest BCUT2D eigenvalue weighted by Crippen LogP contribution is 2.35. The highest BCUT2D eigenvalue weighted by atomic mass is 16.4. The van der Waals surface area contributed by atoms with Gasteiger partial charge < -0.3 is 20.2 Å². The molecule has 6 nitrogen and oxygen atoms in total. The number of hydrogen-bond donors (Lipinski definition) is 2. The van der Waals surface area contributed by atoms with E-state index in [0.29, 0.717) is 32.5 Å². The summed E-state index contributed by atoms with van der Waals surface area (Å²) in [5.74, 6) is -0.775. The molecule has 0 bridgehead atoms. The Morgan fingerprint density at radius 3 is 2.48 bits per heavy atom. The van der Waals surface area contributed by atoms with Gasteiger partial charge >= 0.3 is 12.0 Å². The summed E-state index contributed by atoms with van der Waals surface area (Å²) in [4.78, 5) is 27.5. The maximum atomic E-state index is 12.1. The molecule has 0 aromatic carbocycles. The zero-order chi connectivity index (χ0) is 15.9. The fourth-order valence-electron chi connectivity index (χ4n) is 2.98. The zero-order valence-electron chi connectivity index (χ0n) is 13.5. The quantitative estimate of drug-likeness (QED) is 0.714. The van der Waals surface area contributed by atoms with E-state index in [0.717, 1.165) is 26.1 Å². The highest BCUT2D eigenvalue weighted by Gasteiger charge is 2.45. The largest absolute Gasteiger partial charge is 0.481 e. The maximum absolute atomic E-state index is 12.1. The van der Waals surface area contributed by atoms with Crippen molar-refractivity contribution in [2.75, 3.05) is 39.3 Å². The zero-order valence-corrected chi connectivity index (χ0v) is 13.5. The van der Waals surface area contributed by atoms with Crippen LogP contribution in [0.5, 0.6) is 0 Å². The van der Waals surface area contributed by atoms with Crippen LogP contribution >= 0.6 is 0 Å². The Balaban J connectivity index is 2.45. The van der Waals surface area contributed by atoms with Crippen LogP contribution in [-0.2, 0) is 4.79 Å². The van der Waals surface area contributed by atoms with Gasteiger partial charge in [0, 0.05) is 26.2 Å². The van der Waals surface area contributed by atoms with E-state index in [1.165, 1.54) is 0 Å². The Labute approximate surface area is 127 Å². The van der Waals surface area contributed by atoms with Crippen molar-refractivity contribution in [3.63, 3.8) is 0 Å². The van der Waals surface area contributed by atoms with Gasteiger partial charge in [-0.05, 0) is 25.9 Å². The lowest BCUT2D eigenvalue weighted by atomic mass is 9.83. The topological polar surface area (TPSA) is 72.9 Å². The Hall–Kier alpha value is -1.30. The average Bonchev–Trinajstić information content (AvgIpc) is 2.89. The van der Waals surface area contributed by atoms with Gasteiger partial charge in [0.1, 0.15) is 0 Å². The van der Waals surface area contributed by atoms with Crippen LogP contribution in [0, 0.1) is 5.41 Å². The van der Waals surface area contributed by atoms with Crippen LogP contribution in [0.25, 0.3) is 0 Å². The Morgan fingerprint density at radius 1 is 1.29 bits per heavy atom. The van der Waals surface area contributed by atoms with Crippen LogP contribution in [0.4, 0.5) is 4.79 Å². The molecule has 2 N–H and O–H groups in total. The smallest absolute Gasteiger partial charge is 0.317 e. The predicted molar refractivity (Wildman–Crippen MR) is 82.4 cm³/mol. The maximum Gasteiger partial charge on any atom is 0.317 e. The van der Waals surface area contributed by atoms with Crippen molar-refractivity contribution in [2.24, 2.45) is 5.41 Å². The molecule has 0 spiro atoms. The van der Waals surface area contributed by atoms with Gasteiger partial charge in [0.25, 0.3) is 0 Å². The first-order valence-electron chi connectivity index (χ1n) is 7.97. The van der Waals surface area contributed by atoms with Crippen molar-refractivity contribution in [2.45, 2.75) is 40.0 Å². The second-order valence-corrected chi connectivity index (χ2v) is 5.77. The van der Waals surface area contributed by atoms with Crippen molar-refractivity contribution < 1.29 is 14.7 Å². The Bertz CT molecular complexity index is 358. The van der Waals surface area contributed by atoms with Crippen molar-refractivity contribution in [1.82, 2.24) is 15.1 Å². The van der Waals surface area contributed by atoms with Gasteiger partial charge in [0.15, 0.2) is 0 Å². The molecule has 1 atom stereocenters. The summed E-state index contributed by atoms with van der Waals surface area (Å²) in [7, 11) is 0. The molecule has 0 saturated carbocycles. The third-order valence-electron chi connectivity index (χ3n) is 4.42. The number of nitrogens with one attached hydrogen (secondary N) is 1. The number of amides is 2. The molecule has 1 aliphatic heterocycles. The third-order valence-corrected chi connectivity index (χ3v) is 4.42. The fraction of sp³-hybridized carbons (Fsp3) is 0.867. The lowest BCUT2D eigenvalue weighted by Gasteiger charge is -2.24. The summed E-state index contributed by atoms with van der Waals surface area (Å²) in [6, 6.07) is -0.138. The molecular weight excluding hydrogens is 270 g/mol. The molecule has 122 valence electrons. The number of carbonyl (C=O) groups excluding carboxylic acids is 1. The van der Waals surface area contributed by atoms with Crippen LogP contribution in [0.1, 0.15) is 40.0 Å². The van der Waals surface area contributed by atoms with Crippen LogP contribution in [-0.4, -0.2) is 66.2 Å². The summed E-state index contributed by atoms with van der Waals surface area (Å²) >= 11 is 0. The summed E-state index contributed by atoms with van der Waals surface area (Å²) in [6.07, 6.45) is 2.01. The number of aliphatic carboxylic acids is 1. The lowest BCUT2D eigenvalue weighted by Crippen LogP contribution is -2.44. The van der Waals surface area contributed by atoms with E-state index in [1.807, 2.05) is 6.92 Å². The summed E-state index contributed by atoms with van der Waals surface area (Å²) in [5.41, 5.74) is -0.745. The minimum Gasteiger partial charge on any atom is -0.481 e. The number of hydrogen-bond acceptors (Lipinski definition) is 3. The molecule has 1 fully saturated rings. The second-order valence-electron chi connectivity index (χ2n) is 5.77. The van der Waals surface area contributed by atoms with Gasteiger partial charge in [-0.1, -0.05) is 27.2 Å². The van der Waals surface area contributed by atoms with Gasteiger partial charge in [-0.25, -0.2) is 4.79 Å². The number of likely N-dealkylation sites (N-methyl/N-ethyl adjacent to an activating group) is 1. The third kappa shape index (κ3) is 4.59. The molecule has 2 amide bonds. The van der Waals surface area contributed by atoms with E-state index in [1.54, 1.807) is 4.90 Å². The molecule has 21 heavy (non-hydrogen) atoms. The number of likely N-dealkylation sites (tertiary alicyclic amines) is 1. The monoisotopic (exact) mass is 299 g/mol. The Morgan fingerprint density at radius 2 is 1.95 bits per heavy atom. The van der Waals surface area contributed by atoms with Crippen LogP contribution < -0.4 is 5.32 Å². The molecule has 6 heteroatoms. The van der Waals surface area contributed by atoms with Gasteiger partial charge in [0.2, 0.25) is 0 Å². The first kappa shape index (κ1) is 17.8. The van der Waals surface area contributed by atoms with Crippen molar-refractivity contribution in [1.29, 1.82) is 0 Å². The molecule has 0 aromatic rings. The van der Waals surface area contributed by atoms with Gasteiger partial charge in [-0.2, -0.15) is 0 Å². The molecule has 1 saturated heterocycles. The number of carbonyl (C=O) groups is 2. The summed E-state index contributed by atoms with van der Waals surface area (Å²) in [6.45, 7) is 10.4. The van der Waals surface area contributed by atoms with E-state index in [-0.39, 0.29) is 6.03 Å². The fourth-order valence-corrected chi connectivity index (χ4v) is 2.98. The standard InChI is InChI=1S/C15H29N3O3/c1-4-7-15(13(19)20)8-10-18(12-15)14(21)16-9-11-17(5-2)6-3/h4-12H2,1-3H3,(H,16,21)(H,19,20). The molecule has 1 aliphatic rings. The number of nitrogens with zero attached hydrogens (tertiary/aromatic N) is 2. The molecule has 0 aromatic heterocycles.